The minimum atomic E-state index is -0.444. The number of anilines is 1. The average molecular weight is 359 g/mol. The van der Waals surface area contributed by atoms with Crippen LogP contribution >= 0.6 is 34.8 Å². The van der Waals surface area contributed by atoms with E-state index < -0.39 is 5.91 Å². The van der Waals surface area contributed by atoms with Gasteiger partial charge in [0.25, 0.3) is 5.91 Å². The first-order chi connectivity index (χ1) is 10.5. The van der Waals surface area contributed by atoms with Crippen molar-refractivity contribution in [3.8, 4) is 5.75 Å². The number of carbonyl (C=O) groups excluding carboxylic acids is 2. The number of carbonyl (C=O) groups is 2. The fourth-order valence-corrected chi connectivity index (χ4v) is 2.25. The monoisotopic (exact) mass is 357 g/mol. The summed E-state index contributed by atoms with van der Waals surface area (Å²) in [6.45, 7) is -0.276. The van der Waals surface area contributed by atoms with E-state index >= 15 is 0 Å². The van der Waals surface area contributed by atoms with E-state index in [-0.39, 0.29) is 16.7 Å². The zero-order valence-corrected chi connectivity index (χ0v) is 13.4. The molecule has 0 fully saturated rings. The summed E-state index contributed by atoms with van der Waals surface area (Å²) in [7, 11) is 0. The number of halogens is 3. The van der Waals surface area contributed by atoms with E-state index in [0.717, 1.165) is 0 Å². The van der Waals surface area contributed by atoms with Gasteiger partial charge in [0.1, 0.15) is 5.75 Å². The van der Waals surface area contributed by atoms with Crippen molar-refractivity contribution in [2.45, 2.75) is 0 Å². The third-order valence-corrected chi connectivity index (χ3v) is 3.72. The lowest BCUT2D eigenvalue weighted by Gasteiger charge is -2.10. The highest BCUT2D eigenvalue weighted by atomic mass is 35.5. The fraction of sp³-hybridized carbons (Fsp3) is 0.0667. The Morgan fingerprint density at radius 2 is 1.77 bits per heavy atom. The lowest BCUT2D eigenvalue weighted by Crippen LogP contribution is -2.20. The number of para-hydroxylation sites is 1. The molecule has 0 bridgehead atoms. The lowest BCUT2D eigenvalue weighted by molar-refractivity contribution is -0.118. The molecule has 0 atom stereocenters. The van der Waals surface area contributed by atoms with Crippen molar-refractivity contribution in [3.05, 3.63) is 57.0 Å². The van der Waals surface area contributed by atoms with Gasteiger partial charge < -0.3 is 10.1 Å². The molecule has 22 heavy (non-hydrogen) atoms. The number of ether oxygens (including phenoxy) is 1. The van der Waals surface area contributed by atoms with Gasteiger partial charge in [0.2, 0.25) is 0 Å². The van der Waals surface area contributed by atoms with Crippen LogP contribution in [0.15, 0.2) is 36.4 Å². The van der Waals surface area contributed by atoms with Gasteiger partial charge in [-0.1, -0.05) is 46.9 Å². The molecule has 0 aliphatic carbocycles. The summed E-state index contributed by atoms with van der Waals surface area (Å²) >= 11 is 17.6. The fourth-order valence-electron chi connectivity index (χ4n) is 1.66. The maximum absolute atomic E-state index is 11.9. The second-order valence-corrected chi connectivity index (χ2v) is 5.46. The molecule has 0 spiro atoms. The van der Waals surface area contributed by atoms with E-state index in [1.807, 2.05) is 0 Å². The third kappa shape index (κ3) is 4.13. The summed E-state index contributed by atoms with van der Waals surface area (Å²) in [5, 5.41) is 3.38. The number of hydrogen-bond donors (Lipinski definition) is 1. The van der Waals surface area contributed by atoms with Crippen LogP contribution in [0.25, 0.3) is 0 Å². The van der Waals surface area contributed by atoms with Crippen LogP contribution in [-0.2, 0) is 4.79 Å². The first-order valence-corrected chi connectivity index (χ1v) is 7.26. The summed E-state index contributed by atoms with van der Waals surface area (Å²) < 4.78 is 5.31. The molecule has 0 aliphatic heterocycles. The second kappa shape index (κ2) is 7.49. The van der Waals surface area contributed by atoms with Crippen molar-refractivity contribution in [1.82, 2.24) is 0 Å². The van der Waals surface area contributed by atoms with Crippen molar-refractivity contribution in [2.24, 2.45) is 0 Å². The predicted molar refractivity (Wildman–Crippen MR) is 87.4 cm³/mol. The van der Waals surface area contributed by atoms with Crippen LogP contribution in [0.3, 0.4) is 0 Å². The first-order valence-electron chi connectivity index (χ1n) is 6.12. The number of rotatable bonds is 5. The molecule has 0 heterocycles. The minimum absolute atomic E-state index is 0.260. The smallest absolute Gasteiger partial charge is 0.262 e. The normalized spacial score (nSPS) is 10.1. The molecule has 0 saturated heterocycles. The Kier molecular flexibility index (Phi) is 5.66. The maximum atomic E-state index is 11.9. The average Bonchev–Trinajstić information content (AvgIpc) is 2.51. The quantitative estimate of drug-likeness (QED) is 0.633. The van der Waals surface area contributed by atoms with E-state index in [4.69, 9.17) is 39.5 Å². The number of aldehydes is 1. The molecule has 0 unspecified atom stereocenters. The Morgan fingerprint density at radius 1 is 1.09 bits per heavy atom. The molecular formula is C15H10Cl3NO3. The molecule has 2 aromatic rings. The highest BCUT2D eigenvalue weighted by Crippen LogP contribution is 2.32. The van der Waals surface area contributed by atoms with E-state index in [1.54, 1.807) is 24.3 Å². The van der Waals surface area contributed by atoms with Crippen molar-refractivity contribution in [3.63, 3.8) is 0 Å². The van der Waals surface area contributed by atoms with Gasteiger partial charge in [-0.3, -0.25) is 9.59 Å². The van der Waals surface area contributed by atoms with E-state index in [0.29, 0.717) is 28.3 Å². The van der Waals surface area contributed by atoms with Gasteiger partial charge in [-0.2, -0.15) is 0 Å². The van der Waals surface area contributed by atoms with Crippen LogP contribution < -0.4 is 10.1 Å². The van der Waals surface area contributed by atoms with Crippen molar-refractivity contribution in [1.29, 1.82) is 0 Å². The lowest BCUT2D eigenvalue weighted by atomic mass is 10.2. The Balaban J connectivity index is 2.02. The first kappa shape index (κ1) is 16.6. The topological polar surface area (TPSA) is 55.4 Å². The van der Waals surface area contributed by atoms with Gasteiger partial charge in [0, 0.05) is 0 Å². The highest BCUT2D eigenvalue weighted by Gasteiger charge is 2.11. The molecule has 0 radical (unpaired) electrons. The van der Waals surface area contributed by atoms with Crippen LogP contribution in [0.1, 0.15) is 10.4 Å². The highest BCUT2D eigenvalue weighted by molar-refractivity contribution is 6.44. The maximum Gasteiger partial charge on any atom is 0.262 e. The molecule has 4 nitrogen and oxygen atoms in total. The SMILES string of the molecule is O=Cc1ccccc1OCC(=O)Nc1cc(Cl)c(Cl)cc1Cl. The Bertz CT molecular complexity index is 719. The summed E-state index contributed by atoms with van der Waals surface area (Å²) in [5.74, 6) is -0.117. The van der Waals surface area contributed by atoms with Gasteiger partial charge >= 0.3 is 0 Å². The zero-order valence-electron chi connectivity index (χ0n) is 11.1. The Labute approximate surface area is 141 Å². The van der Waals surface area contributed by atoms with E-state index in [9.17, 15) is 9.59 Å². The second-order valence-electron chi connectivity index (χ2n) is 4.24. The van der Waals surface area contributed by atoms with Crippen LogP contribution in [0.2, 0.25) is 15.1 Å². The van der Waals surface area contributed by atoms with Crippen molar-refractivity contribution >= 4 is 52.7 Å². The largest absolute Gasteiger partial charge is 0.483 e. The number of hydrogen-bond acceptors (Lipinski definition) is 3. The summed E-state index contributed by atoms with van der Waals surface area (Å²) in [6.07, 6.45) is 0.656. The molecule has 0 saturated carbocycles. The predicted octanol–water partition coefficient (Wildman–Crippen LogP) is 4.48. The molecule has 2 rings (SSSR count). The molecular weight excluding hydrogens is 349 g/mol. The van der Waals surface area contributed by atoms with Crippen LogP contribution in [0.4, 0.5) is 5.69 Å². The van der Waals surface area contributed by atoms with Crippen LogP contribution in [-0.4, -0.2) is 18.8 Å². The zero-order chi connectivity index (χ0) is 16.1. The summed E-state index contributed by atoms with van der Waals surface area (Å²) in [5.41, 5.74) is 0.691. The van der Waals surface area contributed by atoms with Gasteiger partial charge in [0.15, 0.2) is 12.9 Å². The third-order valence-electron chi connectivity index (χ3n) is 2.69. The molecule has 2 aromatic carbocycles. The minimum Gasteiger partial charge on any atom is -0.483 e. The number of benzene rings is 2. The molecule has 0 aliphatic rings. The van der Waals surface area contributed by atoms with Crippen LogP contribution in [0.5, 0.6) is 5.75 Å². The molecule has 0 aromatic heterocycles. The van der Waals surface area contributed by atoms with Crippen molar-refractivity contribution in [2.75, 3.05) is 11.9 Å². The standard InChI is InChI=1S/C15H10Cl3NO3/c16-10-5-12(18)13(6-11(10)17)19-15(21)8-22-14-4-2-1-3-9(14)7-20/h1-7H,8H2,(H,19,21). The summed E-state index contributed by atoms with van der Waals surface area (Å²) in [6, 6.07) is 9.48. The van der Waals surface area contributed by atoms with Gasteiger partial charge in [-0.25, -0.2) is 0 Å². The Hall–Kier alpha value is -1.75. The molecule has 1 amide bonds. The van der Waals surface area contributed by atoms with Gasteiger partial charge in [-0.05, 0) is 24.3 Å². The number of nitrogens with one attached hydrogen (secondary N) is 1. The molecule has 114 valence electrons. The Morgan fingerprint density at radius 3 is 2.50 bits per heavy atom. The van der Waals surface area contributed by atoms with Crippen LogP contribution in [0, 0.1) is 0 Å². The molecule has 1 N–H and O–H groups in total. The van der Waals surface area contributed by atoms with Gasteiger partial charge in [0.05, 0.1) is 26.3 Å². The van der Waals surface area contributed by atoms with Crippen molar-refractivity contribution < 1.29 is 14.3 Å². The van der Waals surface area contributed by atoms with Gasteiger partial charge in [-0.15, -0.1) is 0 Å². The summed E-state index contributed by atoms with van der Waals surface area (Å²) in [4.78, 5) is 22.7. The van der Waals surface area contributed by atoms with E-state index in [2.05, 4.69) is 5.32 Å². The number of amides is 1. The molecule has 7 heteroatoms. The van der Waals surface area contributed by atoms with E-state index in [1.165, 1.54) is 12.1 Å².